The zero-order valence-electron chi connectivity index (χ0n) is 15.7. The van der Waals surface area contributed by atoms with Crippen LogP contribution < -0.4 is 15.1 Å². The minimum atomic E-state index is -0.391. The van der Waals surface area contributed by atoms with E-state index in [1.165, 1.54) is 12.5 Å². The van der Waals surface area contributed by atoms with Crippen LogP contribution in [-0.4, -0.2) is 44.3 Å². The van der Waals surface area contributed by atoms with Crippen molar-refractivity contribution in [3.63, 3.8) is 0 Å². The molecule has 0 radical (unpaired) electrons. The summed E-state index contributed by atoms with van der Waals surface area (Å²) < 4.78 is 5.30. The number of cyclic esters (lactones) is 1. The molecular weight excluding hydrogens is 344 g/mol. The Labute approximate surface area is 159 Å². The van der Waals surface area contributed by atoms with Crippen LogP contribution in [0.2, 0.25) is 0 Å². The van der Waals surface area contributed by atoms with Crippen LogP contribution in [0.25, 0.3) is 0 Å². The molecule has 1 N–H and O–H groups in total. The smallest absolute Gasteiger partial charge is 0.414 e. The van der Waals surface area contributed by atoms with E-state index >= 15 is 0 Å². The molecule has 27 heavy (non-hydrogen) atoms. The Balaban J connectivity index is 1.60. The van der Waals surface area contributed by atoms with Gasteiger partial charge in [0.05, 0.1) is 19.2 Å². The number of nitrogens with one attached hydrogen (secondary N) is 1. The standard InChI is InChI=1S/C20H24N4O3/c1-14(11-21)16-7-9-23(10-8-16)17-3-5-18(6-4-17)24-13-19(27-20(24)26)12-22-15(2)25/h3-6,19H,7-10,12-13H2,1-2H3,(H,22,25). The third-order valence-corrected chi connectivity index (χ3v) is 5.04. The summed E-state index contributed by atoms with van der Waals surface area (Å²) in [6.07, 6.45) is 1.09. The molecule has 1 aromatic carbocycles. The lowest BCUT2D eigenvalue weighted by Gasteiger charge is -2.31. The van der Waals surface area contributed by atoms with Crippen molar-refractivity contribution in [1.82, 2.24) is 5.32 Å². The molecular formula is C20H24N4O3. The summed E-state index contributed by atoms with van der Waals surface area (Å²) in [6.45, 7) is 5.84. The second kappa shape index (κ2) is 8.12. The summed E-state index contributed by atoms with van der Waals surface area (Å²) in [4.78, 5) is 27.0. The molecule has 2 aliphatic rings. The van der Waals surface area contributed by atoms with E-state index in [4.69, 9.17) is 10.00 Å². The van der Waals surface area contributed by atoms with Crippen LogP contribution in [0.3, 0.4) is 0 Å². The number of nitriles is 1. The number of rotatable bonds is 4. The van der Waals surface area contributed by atoms with Crippen molar-refractivity contribution in [1.29, 1.82) is 5.26 Å². The summed E-state index contributed by atoms with van der Waals surface area (Å²) in [5, 5.41) is 11.7. The molecule has 2 saturated heterocycles. The third-order valence-electron chi connectivity index (χ3n) is 5.04. The normalized spacial score (nSPS) is 19.5. The lowest BCUT2D eigenvalue weighted by Crippen LogP contribution is -2.33. The fourth-order valence-electron chi connectivity index (χ4n) is 3.43. The summed E-state index contributed by atoms with van der Waals surface area (Å²) in [7, 11) is 0. The average Bonchev–Trinajstić information content (AvgIpc) is 3.06. The quantitative estimate of drug-likeness (QED) is 0.826. The van der Waals surface area contributed by atoms with Gasteiger partial charge in [-0.2, -0.15) is 5.26 Å². The lowest BCUT2D eigenvalue weighted by molar-refractivity contribution is -0.119. The molecule has 0 bridgehead atoms. The Bertz CT molecular complexity index is 784. The van der Waals surface area contributed by atoms with Crippen molar-refractivity contribution in [3.05, 3.63) is 35.4 Å². The summed E-state index contributed by atoms with van der Waals surface area (Å²) in [5.74, 6) is -0.140. The van der Waals surface area contributed by atoms with E-state index < -0.39 is 6.09 Å². The maximum absolute atomic E-state index is 12.1. The molecule has 0 spiro atoms. The number of hydrogen-bond donors (Lipinski definition) is 1. The van der Waals surface area contributed by atoms with Gasteiger partial charge in [-0.1, -0.05) is 5.57 Å². The van der Waals surface area contributed by atoms with E-state index in [0.29, 0.717) is 13.1 Å². The van der Waals surface area contributed by atoms with Crippen molar-refractivity contribution < 1.29 is 14.3 Å². The molecule has 2 fully saturated rings. The van der Waals surface area contributed by atoms with Gasteiger partial charge in [0.15, 0.2) is 0 Å². The number of amides is 2. The van der Waals surface area contributed by atoms with E-state index in [1.54, 1.807) is 4.90 Å². The molecule has 1 unspecified atom stereocenters. The van der Waals surface area contributed by atoms with E-state index in [1.807, 2.05) is 31.2 Å². The molecule has 2 aliphatic heterocycles. The molecule has 7 nitrogen and oxygen atoms in total. The second-order valence-corrected chi connectivity index (χ2v) is 6.90. The molecule has 1 atom stereocenters. The van der Waals surface area contributed by atoms with Gasteiger partial charge in [-0.05, 0) is 44.0 Å². The topological polar surface area (TPSA) is 85.7 Å². The summed E-state index contributed by atoms with van der Waals surface area (Å²) >= 11 is 0. The van der Waals surface area contributed by atoms with Crippen molar-refractivity contribution in [2.45, 2.75) is 32.8 Å². The van der Waals surface area contributed by atoms with Gasteiger partial charge < -0.3 is 15.0 Å². The van der Waals surface area contributed by atoms with E-state index in [0.717, 1.165) is 42.9 Å². The molecule has 0 aromatic heterocycles. The van der Waals surface area contributed by atoms with Gasteiger partial charge >= 0.3 is 6.09 Å². The highest BCUT2D eigenvalue weighted by Crippen LogP contribution is 2.28. The number of allylic oxidation sites excluding steroid dienone is 1. The Morgan fingerprint density at radius 3 is 2.44 bits per heavy atom. The monoisotopic (exact) mass is 368 g/mol. The Morgan fingerprint density at radius 2 is 1.85 bits per heavy atom. The fourth-order valence-corrected chi connectivity index (χ4v) is 3.43. The van der Waals surface area contributed by atoms with Gasteiger partial charge in [-0.3, -0.25) is 9.69 Å². The first kappa shape index (κ1) is 18.8. The van der Waals surface area contributed by atoms with Gasteiger partial charge in [0.25, 0.3) is 0 Å². The molecule has 7 heteroatoms. The first-order valence-electron chi connectivity index (χ1n) is 9.14. The number of carbonyl (C=O) groups excluding carboxylic acids is 2. The highest BCUT2D eigenvalue weighted by molar-refractivity contribution is 5.90. The predicted molar refractivity (Wildman–Crippen MR) is 103 cm³/mol. The SMILES string of the molecule is CC(=O)NCC1CN(c2ccc(N3CCC(=C(C)C#N)CC3)cc2)C(=O)O1. The van der Waals surface area contributed by atoms with Gasteiger partial charge in [-0.15, -0.1) is 0 Å². The number of carbonyl (C=O) groups is 2. The number of benzene rings is 1. The van der Waals surface area contributed by atoms with Crippen molar-refractivity contribution in [2.24, 2.45) is 0 Å². The zero-order chi connectivity index (χ0) is 19.4. The number of anilines is 2. The summed E-state index contributed by atoms with van der Waals surface area (Å²) in [6, 6.07) is 10.1. The molecule has 142 valence electrons. The van der Waals surface area contributed by atoms with E-state index in [-0.39, 0.29) is 12.0 Å². The van der Waals surface area contributed by atoms with Gasteiger partial charge in [-0.25, -0.2) is 4.79 Å². The lowest BCUT2D eigenvalue weighted by atomic mass is 9.99. The second-order valence-electron chi connectivity index (χ2n) is 6.90. The maximum Gasteiger partial charge on any atom is 0.414 e. The van der Waals surface area contributed by atoms with Crippen molar-refractivity contribution in [2.75, 3.05) is 36.0 Å². The molecule has 2 amide bonds. The highest BCUT2D eigenvalue weighted by Gasteiger charge is 2.32. The predicted octanol–water partition coefficient (Wildman–Crippen LogP) is 2.59. The van der Waals surface area contributed by atoms with Crippen LogP contribution in [0.5, 0.6) is 0 Å². The van der Waals surface area contributed by atoms with E-state index in [9.17, 15) is 9.59 Å². The van der Waals surface area contributed by atoms with Gasteiger partial charge in [0.1, 0.15) is 6.10 Å². The number of hydrogen-bond acceptors (Lipinski definition) is 5. The Kier molecular flexibility index (Phi) is 5.65. The Morgan fingerprint density at radius 1 is 1.22 bits per heavy atom. The first-order valence-corrected chi connectivity index (χ1v) is 9.14. The average molecular weight is 368 g/mol. The van der Waals surface area contributed by atoms with Crippen molar-refractivity contribution >= 4 is 23.4 Å². The van der Waals surface area contributed by atoms with Gasteiger partial charge in [0.2, 0.25) is 5.91 Å². The molecule has 3 rings (SSSR count). The van der Waals surface area contributed by atoms with Crippen LogP contribution in [0, 0.1) is 11.3 Å². The zero-order valence-corrected chi connectivity index (χ0v) is 15.7. The van der Waals surface area contributed by atoms with Crippen LogP contribution in [0.4, 0.5) is 16.2 Å². The largest absolute Gasteiger partial charge is 0.442 e. The summed E-state index contributed by atoms with van der Waals surface area (Å²) in [5.41, 5.74) is 3.98. The highest BCUT2D eigenvalue weighted by atomic mass is 16.6. The minimum Gasteiger partial charge on any atom is -0.442 e. The van der Waals surface area contributed by atoms with Crippen LogP contribution in [-0.2, 0) is 9.53 Å². The van der Waals surface area contributed by atoms with Gasteiger partial charge in [0, 0.05) is 37.0 Å². The number of ether oxygens (including phenoxy) is 1. The molecule has 0 aliphatic carbocycles. The van der Waals surface area contributed by atoms with Crippen molar-refractivity contribution in [3.8, 4) is 6.07 Å². The maximum atomic E-state index is 12.1. The number of piperidine rings is 1. The third kappa shape index (κ3) is 4.40. The van der Waals surface area contributed by atoms with Crippen LogP contribution >= 0.6 is 0 Å². The molecule has 1 aromatic rings. The van der Waals surface area contributed by atoms with Crippen LogP contribution in [0.15, 0.2) is 35.4 Å². The fraction of sp³-hybridized carbons (Fsp3) is 0.450. The minimum absolute atomic E-state index is 0.140. The molecule has 2 heterocycles. The Hall–Kier alpha value is -3.01. The van der Waals surface area contributed by atoms with Crippen LogP contribution in [0.1, 0.15) is 26.7 Å². The van der Waals surface area contributed by atoms with E-state index in [2.05, 4.69) is 16.3 Å². The molecule has 0 saturated carbocycles. The first-order chi connectivity index (χ1) is 13.0. The number of nitrogens with zero attached hydrogens (tertiary/aromatic N) is 3.